The zero-order valence-electron chi connectivity index (χ0n) is 16.2. The summed E-state index contributed by atoms with van der Waals surface area (Å²) < 4.78 is 12.1. The average Bonchev–Trinajstić information content (AvgIpc) is 2.75. The number of fused-ring (bicyclic) bond motifs is 2. The lowest BCUT2D eigenvalue weighted by molar-refractivity contribution is 0.0372. The number of aryl methyl sites for hydroxylation is 1. The van der Waals surface area contributed by atoms with Gasteiger partial charge in [0.25, 0.3) is 0 Å². The van der Waals surface area contributed by atoms with Gasteiger partial charge in [0, 0.05) is 41.8 Å². The van der Waals surface area contributed by atoms with Gasteiger partial charge in [-0.3, -0.25) is 0 Å². The monoisotopic (exact) mass is 390 g/mol. The fourth-order valence-corrected chi connectivity index (χ4v) is 4.55. The molecule has 3 heterocycles. The van der Waals surface area contributed by atoms with Crippen molar-refractivity contribution in [3.05, 3.63) is 64.0 Å². The number of hydrogen-bond acceptors (Lipinski definition) is 6. The van der Waals surface area contributed by atoms with Crippen LogP contribution in [0.25, 0.3) is 22.1 Å². The van der Waals surface area contributed by atoms with Crippen LogP contribution in [0, 0.1) is 6.92 Å². The van der Waals surface area contributed by atoms with Gasteiger partial charge in [-0.1, -0.05) is 35.5 Å². The van der Waals surface area contributed by atoms with E-state index in [0.717, 1.165) is 53.6 Å². The van der Waals surface area contributed by atoms with Gasteiger partial charge in [-0.25, -0.2) is 4.79 Å². The molecule has 29 heavy (non-hydrogen) atoms. The molecule has 0 saturated carbocycles. The quantitative estimate of drug-likeness (QED) is 0.375. The molecular weight excluding hydrogens is 368 g/mol. The summed E-state index contributed by atoms with van der Waals surface area (Å²) >= 11 is 0. The topological polar surface area (TPSA) is 84.1 Å². The maximum absolute atomic E-state index is 12.3. The zero-order chi connectivity index (χ0) is 20.0. The Morgan fingerprint density at radius 2 is 1.86 bits per heavy atom. The zero-order valence-corrected chi connectivity index (χ0v) is 16.2. The number of nitrogens with zero attached hydrogens (tertiary/aromatic N) is 1. The first-order valence-electron chi connectivity index (χ1n) is 9.88. The molecule has 0 unspecified atom stereocenters. The maximum atomic E-state index is 12.3. The lowest BCUT2D eigenvalue weighted by Gasteiger charge is -2.42. The Bertz CT molecular complexity index is 1170. The van der Waals surface area contributed by atoms with Gasteiger partial charge >= 0.3 is 5.63 Å². The summed E-state index contributed by atoms with van der Waals surface area (Å²) in [5, 5.41) is 17.6. The van der Waals surface area contributed by atoms with Gasteiger partial charge in [-0.2, -0.15) is 0 Å². The van der Waals surface area contributed by atoms with Crippen molar-refractivity contribution >= 4 is 16.7 Å². The maximum Gasteiger partial charge on any atom is 0.336 e. The average molecular weight is 390 g/mol. The van der Waals surface area contributed by atoms with Crippen LogP contribution in [0.5, 0.6) is 5.75 Å². The number of piperidine rings is 1. The Balaban J connectivity index is 1.78. The van der Waals surface area contributed by atoms with E-state index < -0.39 is 11.2 Å². The summed E-state index contributed by atoms with van der Waals surface area (Å²) in [5.41, 5.74) is 3.57. The van der Waals surface area contributed by atoms with Crippen LogP contribution in [0.2, 0.25) is 0 Å². The molecule has 2 aliphatic rings. The van der Waals surface area contributed by atoms with Crippen LogP contribution in [0.3, 0.4) is 0 Å². The van der Waals surface area contributed by atoms with Gasteiger partial charge in [0.05, 0.1) is 5.71 Å². The van der Waals surface area contributed by atoms with Crippen LogP contribution >= 0.6 is 0 Å². The number of ether oxygens (including phenoxy) is 1. The largest absolute Gasteiger partial charge is 0.486 e. The standard InChI is InChI=1S/C23H22N2O4/c1-14-21-17(16(12-20(26)28-21)15-5-3-2-4-6-15)11-18-19(25-27)13-23(29-22(14)18)7-9-24-10-8-23/h2-6,11-12,24,27H,7-10,13H2,1H3. The Morgan fingerprint density at radius 1 is 1.10 bits per heavy atom. The van der Waals surface area contributed by atoms with E-state index in [4.69, 9.17) is 9.15 Å². The molecule has 1 spiro atoms. The minimum absolute atomic E-state index is 0.393. The molecule has 2 N–H and O–H groups in total. The van der Waals surface area contributed by atoms with Crippen molar-refractivity contribution in [3.63, 3.8) is 0 Å². The molecule has 0 amide bonds. The van der Waals surface area contributed by atoms with E-state index in [-0.39, 0.29) is 0 Å². The molecular formula is C23H22N2O4. The SMILES string of the molecule is Cc1c2c(cc3c(-c4ccccc4)cc(=O)oc13)C(=NO)CC1(CCNCC1)O2. The van der Waals surface area contributed by atoms with Crippen LogP contribution in [0.4, 0.5) is 0 Å². The van der Waals surface area contributed by atoms with Crippen molar-refractivity contribution < 1.29 is 14.4 Å². The van der Waals surface area contributed by atoms with Gasteiger partial charge in [-0.15, -0.1) is 0 Å². The smallest absolute Gasteiger partial charge is 0.336 e. The number of hydrogen-bond donors (Lipinski definition) is 2. The molecule has 6 heteroatoms. The van der Waals surface area contributed by atoms with Gasteiger partial charge in [-0.05, 0) is 37.2 Å². The van der Waals surface area contributed by atoms with Crippen LogP contribution in [0.15, 0.2) is 56.8 Å². The number of oxime groups is 1. The Kier molecular flexibility index (Phi) is 4.17. The number of rotatable bonds is 1. The van der Waals surface area contributed by atoms with Crippen molar-refractivity contribution in [2.75, 3.05) is 13.1 Å². The minimum atomic E-state index is -0.400. The molecule has 0 aliphatic carbocycles. The summed E-state index contributed by atoms with van der Waals surface area (Å²) in [5.74, 6) is 0.645. The highest BCUT2D eigenvalue weighted by atomic mass is 16.5. The molecule has 1 saturated heterocycles. The Morgan fingerprint density at radius 3 is 2.59 bits per heavy atom. The van der Waals surface area contributed by atoms with Gasteiger partial charge in [0.1, 0.15) is 16.9 Å². The van der Waals surface area contributed by atoms with Crippen LogP contribution < -0.4 is 15.7 Å². The van der Waals surface area contributed by atoms with E-state index in [9.17, 15) is 10.0 Å². The van der Waals surface area contributed by atoms with Crippen LogP contribution in [0.1, 0.15) is 30.4 Å². The highest BCUT2D eigenvalue weighted by Gasteiger charge is 2.42. The second-order valence-corrected chi connectivity index (χ2v) is 7.86. The fraction of sp³-hybridized carbons (Fsp3) is 0.304. The first kappa shape index (κ1) is 17.9. The third-order valence-corrected chi connectivity index (χ3v) is 6.05. The molecule has 3 aromatic rings. The molecule has 1 fully saturated rings. The molecule has 0 atom stereocenters. The molecule has 1 aromatic heterocycles. The predicted octanol–water partition coefficient (Wildman–Crippen LogP) is 3.85. The molecule has 0 bridgehead atoms. The molecule has 5 rings (SSSR count). The second-order valence-electron chi connectivity index (χ2n) is 7.86. The lowest BCUT2D eigenvalue weighted by atomic mass is 9.81. The highest BCUT2D eigenvalue weighted by molar-refractivity contribution is 6.09. The summed E-state index contributed by atoms with van der Waals surface area (Å²) in [6, 6.07) is 13.2. The summed E-state index contributed by atoms with van der Waals surface area (Å²) in [4.78, 5) is 12.3. The third kappa shape index (κ3) is 2.91. The summed E-state index contributed by atoms with van der Waals surface area (Å²) in [6.45, 7) is 3.61. The minimum Gasteiger partial charge on any atom is -0.486 e. The van der Waals surface area contributed by atoms with E-state index in [2.05, 4.69) is 10.5 Å². The summed E-state index contributed by atoms with van der Waals surface area (Å²) in [6.07, 6.45) is 2.22. The van der Waals surface area contributed by atoms with Crippen molar-refractivity contribution in [2.45, 2.75) is 31.8 Å². The first-order valence-corrected chi connectivity index (χ1v) is 9.88. The Labute approximate surface area is 167 Å². The predicted molar refractivity (Wildman–Crippen MR) is 111 cm³/mol. The fourth-order valence-electron chi connectivity index (χ4n) is 4.55. The van der Waals surface area contributed by atoms with E-state index in [0.29, 0.717) is 23.5 Å². The van der Waals surface area contributed by atoms with E-state index in [1.165, 1.54) is 6.07 Å². The van der Waals surface area contributed by atoms with Crippen LogP contribution in [-0.4, -0.2) is 29.6 Å². The Hall–Kier alpha value is -3.12. The van der Waals surface area contributed by atoms with Crippen molar-refractivity contribution in [1.29, 1.82) is 0 Å². The second kappa shape index (κ2) is 6.74. The van der Waals surface area contributed by atoms with E-state index in [1.807, 2.05) is 43.3 Å². The van der Waals surface area contributed by atoms with Crippen molar-refractivity contribution in [3.8, 4) is 16.9 Å². The summed E-state index contributed by atoms with van der Waals surface area (Å²) in [7, 11) is 0. The highest BCUT2D eigenvalue weighted by Crippen LogP contribution is 2.44. The number of nitrogens with one attached hydrogen (secondary N) is 1. The molecule has 0 radical (unpaired) electrons. The molecule has 148 valence electrons. The van der Waals surface area contributed by atoms with Gasteiger partial charge < -0.3 is 19.7 Å². The van der Waals surface area contributed by atoms with E-state index >= 15 is 0 Å². The van der Waals surface area contributed by atoms with Crippen molar-refractivity contribution in [2.24, 2.45) is 5.16 Å². The van der Waals surface area contributed by atoms with Gasteiger partial charge in [0.15, 0.2) is 0 Å². The molecule has 6 nitrogen and oxygen atoms in total. The first-order chi connectivity index (χ1) is 14.1. The van der Waals surface area contributed by atoms with Gasteiger partial charge in [0.2, 0.25) is 0 Å². The van der Waals surface area contributed by atoms with Crippen LogP contribution in [-0.2, 0) is 0 Å². The third-order valence-electron chi connectivity index (χ3n) is 6.05. The molecule has 2 aliphatic heterocycles. The van der Waals surface area contributed by atoms with E-state index in [1.54, 1.807) is 0 Å². The molecule has 2 aromatic carbocycles. The van der Waals surface area contributed by atoms with Crippen molar-refractivity contribution in [1.82, 2.24) is 5.32 Å². The lowest BCUT2D eigenvalue weighted by Crippen LogP contribution is -2.50. The normalized spacial score (nSPS) is 19.3. The number of benzene rings is 2.